The van der Waals surface area contributed by atoms with Crippen molar-refractivity contribution < 1.29 is 4.42 Å². The zero-order valence-electron chi connectivity index (χ0n) is 12.6. The van der Waals surface area contributed by atoms with Crippen LogP contribution in [0.1, 0.15) is 29.7 Å². The number of likely N-dealkylation sites (tertiary alicyclic amines) is 1. The molecule has 1 N–H and O–H groups in total. The van der Waals surface area contributed by atoms with Crippen molar-refractivity contribution in [1.82, 2.24) is 15.2 Å². The summed E-state index contributed by atoms with van der Waals surface area (Å²) in [6.07, 6.45) is 3.92. The third-order valence-corrected chi connectivity index (χ3v) is 5.62. The zero-order chi connectivity index (χ0) is 15.6. The molecule has 1 fully saturated rings. The number of hydrogen-bond donors (Lipinski definition) is 1. The Labute approximate surface area is 144 Å². The minimum Gasteiger partial charge on any atom is -0.467 e. The van der Waals surface area contributed by atoms with E-state index in [1.807, 2.05) is 18.2 Å². The summed E-state index contributed by atoms with van der Waals surface area (Å²) in [7, 11) is 0. The van der Waals surface area contributed by atoms with Crippen molar-refractivity contribution >= 4 is 38.9 Å². The monoisotopic (exact) mass is 343 g/mol. The smallest absolute Gasteiger partial charge is 0.169 e. The third kappa shape index (κ3) is 2.96. The van der Waals surface area contributed by atoms with E-state index in [1.165, 1.54) is 4.70 Å². The van der Waals surface area contributed by atoms with E-state index in [1.54, 1.807) is 17.6 Å². The molecule has 118 valence electrons. The van der Waals surface area contributed by atoms with Crippen LogP contribution in [0.5, 0.6) is 0 Å². The van der Waals surface area contributed by atoms with Crippen LogP contribution in [0.25, 0.3) is 10.2 Å². The Hall–Kier alpha value is -1.92. The number of rotatable bonds is 3. The number of thiocarbonyl (C=S) groups is 1. The predicted molar refractivity (Wildman–Crippen MR) is 96.4 cm³/mol. The lowest BCUT2D eigenvalue weighted by Gasteiger charge is -2.26. The van der Waals surface area contributed by atoms with Crippen molar-refractivity contribution in [3.05, 3.63) is 53.4 Å². The van der Waals surface area contributed by atoms with Crippen molar-refractivity contribution in [1.29, 1.82) is 0 Å². The lowest BCUT2D eigenvalue weighted by Crippen LogP contribution is -2.38. The van der Waals surface area contributed by atoms with Gasteiger partial charge < -0.3 is 14.6 Å². The van der Waals surface area contributed by atoms with Gasteiger partial charge in [0.2, 0.25) is 0 Å². The lowest BCUT2D eigenvalue weighted by molar-refractivity contribution is 0.389. The van der Waals surface area contributed by atoms with Gasteiger partial charge in [-0.1, -0.05) is 12.1 Å². The summed E-state index contributed by atoms with van der Waals surface area (Å²) in [5.41, 5.74) is 1.08. The Morgan fingerprint density at radius 3 is 3.09 bits per heavy atom. The van der Waals surface area contributed by atoms with Crippen LogP contribution >= 0.6 is 23.6 Å². The van der Waals surface area contributed by atoms with Gasteiger partial charge in [-0.25, -0.2) is 4.98 Å². The first-order chi connectivity index (χ1) is 11.3. The van der Waals surface area contributed by atoms with Crippen LogP contribution in [0.4, 0.5) is 0 Å². The highest BCUT2D eigenvalue weighted by Gasteiger charge is 2.30. The molecular formula is C17H17N3OS2. The summed E-state index contributed by atoms with van der Waals surface area (Å²) in [5.74, 6) is 0.892. The second-order valence-electron chi connectivity index (χ2n) is 5.61. The van der Waals surface area contributed by atoms with Gasteiger partial charge in [0.05, 0.1) is 29.1 Å². The average molecular weight is 343 g/mol. The number of benzene rings is 1. The normalized spacial score (nSPS) is 17.7. The van der Waals surface area contributed by atoms with E-state index in [4.69, 9.17) is 21.6 Å². The number of furan rings is 1. The molecule has 0 unspecified atom stereocenters. The van der Waals surface area contributed by atoms with Gasteiger partial charge in [0.15, 0.2) is 5.11 Å². The minimum atomic E-state index is 0.281. The number of aromatic nitrogens is 1. The topological polar surface area (TPSA) is 41.3 Å². The fraction of sp³-hybridized carbons (Fsp3) is 0.294. The number of fused-ring (bicyclic) bond motifs is 1. The van der Waals surface area contributed by atoms with Crippen molar-refractivity contribution in [2.24, 2.45) is 0 Å². The molecule has 0 radical (unpaired) electrons. The van der Waals surface area contributed by atoms with Crippen molar-refractivity contribution in [2.45, 2.75) is 25.4 Å². The number of thiazole rings is 1. The maximum absolute atomic E-state index is 5.59. The van der Waals surface area contributed by atoms with Crippen LogP contribution < -0.4 is 5.32 Å². The molecule has 0 spiro atoms. The van der Waals surface area contributed by atoms with Crippen LogP contribution in [-0.4, -0.2) is 21.5 Å². The molecule has 1 aromatic carbocycles. The van der Waals surface area contributed by atoms with Crippen molar-refractivity contribution in [3.8, 4) is 0 Å². The molecule has 0 bridgehead atoms. The Kier molecular flexibility index (Phi) is 4.01. The maximum Gasteiger partial charge on any atom is 0.169 e. The first-order valence-corrected chi connectivity index (χ1v) is 8.96. The standard InChI is InChI=1S/C17H17N3OS2/c22-17(18-11-12-5-4-10-21-12)20-9-3-7-14(20)16-19-13-6-1-2-8-15(13)23-16/h1-2,4-6,8,10,14H,3,7,9,11H2,(H,18,22)/t14-/m1/s1. The van der Waals surface area contributed by atoms with E-state index in [2.05, 4.69) is 28.4 Å². The molecule has 0 amide bonds. The molecular weight excluding hydrogens is 326 g/mol. The quantitative estimate of drug-likeness (QED) is 0.725. The molecule has 0 saturated carbocycles. The lowest BCUT2D eigenvalue weighted by atomic mass is 10.2. The highest BCUT2D eigenvalue weighted by atomic mass is 32.1. The third-order valence-electron chi connectivity index (χ3n) is 4.10. The van der Waals surface area contributed by atoms with E-state index in [0.717, 1.165) is 40.8 Å². The Bertz CT molecular complexity index is 779. The highest BCUT2D eigenvalue weighted by Crippen LogP contribution is 2.36. The van der Waals surface area contributed by atoms with E-state index >= 15 is 0 Å². The van der Waals surface area contributed by atoms with Crippen molar-refractivity contribution in [2.75, 3.05) is 6.54 Å². The van der Waals surface area contributed by atoms with Gasteiger partial charge in [-0.05, 0) is 49.3 Å². The van der Waals surface area contributed by atoms with Gasteiger partial charge in [0.1, 0.15) is 10.8 Å². The maximum atomic E-state index is 5.59. The predicted octanol–water partition coefficient (Wildman–Crippen LogP) is 4.10. The highest BCUT2D eigenvalue weighted by molar-refractivity contribution is 7.80. The largest absolute Gasteiger partial charge is 0.467 e. The van der Waals surface area contributed by atoms with E-state index in [9.17, 15) is 0 Å². The van der Waals surface area contributed by atoms with Gasteiger partial charge in [0.25, 0.3) is 0 Å². The molecule has 2 aromatic heterocycles. The summed E-state index contributed by atoms with van der Waals surface area (Å²) in [6, 6.07) is 12.4. The van der Waals surface area contributed by atoms with Gasteiger partial charge in [-0.15, -0.1) is 11.3 Å². The van der Waals surface area contributed by atoms with Crippen molar-refractivity contribution in [3.63, 3.8) is 0 Å². The van der Waals surface area contributed by atoms with Crippen LogP contribution in [0.2, 0.25) is 0 Å². The van der Waals surface area contributed by atoms with Gasteiger partial charge in [-0.3, -0.25) is 0 Å². The first kappa shape index (κ1) is 14.7. The SMILES string of the molecule is S=C(NCc1ccco1)N1CCC[C@@H]1c1nc2ccccc2s1. The molecule has 0 aliphatic carbocycles. The fourth-order valence-corrected chi connectivity index (χ4v) is 4.38. The summed E-state index contributed by atoms with van der Waals surface area (Å²) in [6.45, 7) is 1.60. The number of hydrogen-bond acceptors (Lipinski definition) is 4. The molecule has 6 heteroatoms. The average Bonchev–Trinajstić information content (AvgIpc) is 3.31. The Morgan fingerprint density at radius 1 is 1.35 bits per heavy atom. The second-order valence-corrected chi connectivity index (χ2v) is 7.06. The first-order valence-electron chi connectivity index (χ1n) is 7.73. The molecule has 1 saturated heterocycles. The number of para-hydroxylation sites is 1. The summed E-state index contributed by atoms with van der Waals surface area (Å²) in [5, 5.41) is 5.24. The molecule has 3 aromatic rings. The Balaban J connectivity index is 1.50. The van der Waals surface area contributed by atoms with Crippen LogP contribution in [0.3, 0.4) is 0 Å². The number of nitrogens with one attached hydrogen (secondary N) is 1. The Morgan fingerprint density at radius 2 is 2.26 bits per heavy atom. The van der Waals surface area contributed by atoms with E-state index < -0.39 is 0 Å². The molecule has 23 heavy (non-hydrogen) atoms. The number of nitrogens with zero attached hydrogens (tertiary/aromatic N) is 2. The zero-order valence-corrected chi connectivity index (χ0v) is 14.2. The second kappa shape index (κ2) is 6.29. The van der Waals surface area contributed by atoms with Crippen LogP contribution in [-0.2, 0) is 6.54 Å². The molecule has 3 heterocycles. The fourth-order valence-electron chi connectivity index (χ4n) is 2.98. The molecule has 1 aliphatic heterocycles. The molecule has 1 aliphatic rings. The summed E-state index contributed by atoms with van der Waals surface area (Å²) in [4.78, 5) is 7.07. The summed E-state index contributed by atoms with van der Waals surface area (Å²) < 4.78 is 6.59. The van der Waals surface area contributed by atoms with E-state index in [0.29, 0.717) is 6.54 Å². The summed E-state index contributed by atoms with van der Waals surface area (Å²) >= 11 is 7.37. The molecule has 1 atom stereocenters. The minimum absolute atomic E-state index is 0.281. The van der Waals surface area contributed by atoms with Gasteiger partial charge >= 0.3 is 0 Å². The van der Waals surface area contributed by atoms with Gasteiger partial charge in [-0.2, -0.15) is 0 Å². The van der Waals surface area contributed by atoms with Crippen LogP contribution in [0, 0.1) is 0 Å². The van der Waals surface area contributed by atoms with E-state index in [-0.39, 0.29) is 6.04 Å². The van der Waals surface area contributed by atoms with Gasteiger partial charge in [0, 0.05) is 6.54 Å². The molecule has 4 rings (SSSR count). The molecule has 4 nitrogen and oxygen atoms in total. The van der Waals surface area contributed by atoms with Crippen LogP contribution in [0.15, 0.2) is 47.1 Å².